The first-order valence-corrected chi connectivity index (χ1v) is 9.34. The van der Waals surface area contributed by atoms with Crippen molar-refractivity contribution in [2.45, 2.75) is 36.7 Å². The lowest BCUT2D eigenvalue weighted by atomic mass is 10.1. The van der Waals surface area contributed by atoms with Gasteiger partial charge in [0, 0.05) is 6.04 Å². The minimum atomic E-state index is -3.74. The van der Waals surface area contributed by atoms with E-state index in [1.807, 2.05) is 6.92 Å². The highest BCUT2D eigenvalue weighted by Crippen LogP contribution is 2.40. The Morgan fingerprint density at radius 3 is 2.29 bits per heavy atom. The van der Waals surface area contributed by atoms with Gasteiger partial charge in [0.1, 0.15) is 5.82 Å². The van der Waals surface area contributed by atoms with Crippen LogP contribution in [0.1, 0.15) is 30.0 Å². The Morgan fingerprint density at radius 2 is 1.71 bits per heavy atom. The van der Waals surface area contributed by atoms with Crippen LogP contribution in [0.5, 0.6) is 0 Å². The molecule has 0 amide bonds. The third-order valence-electron chi connectivity index (χ3n) is 4.50. The lowest BCUT2D eigenvalue weighted by molar-refractivity contribution is 0.197. The van der Waals surface area contributed by atoms with Crippen molar-refractivity contribution in [1.82, 2.24) is 4.31 Å². The Kier molecular flexibility index (Phi) is 4.71. The molecule has 0 aromatic heterocycles. The van der Waals surface area contributed by atoms with Crippen LogP contribution in [-0.4, -0.2) is 30.5 Å². The van der Waals surface area contributed by atoms with E-state index in [1.165, 1.54) is 16.4 Å². The molecule has 6 heteroatoms. The Labute approximate surface area is 141 Å². The minimum Gasteiger partial charge on any atom is -0.395 e. The van der Waals surface area contributed by atoms with Crippen molar-refractivity contribution < 1.29 is 17.9 Å². The zero-order valence-electron chi connectivity index (χ0n) is 13.4. The predicted molar refractivity (Wildman–Crippen MR) is 89.5 cm³/mol. The van der Waals surface area contributed by atoms with E-state index in [0.29, 0.717) is 12.8 Å². The maximum absolute atomic E-state index is 13.2. The Bertz CT molecular complexity index is 803. The topological polar surface area (TPSA) is 57.6 Å². The monoisotopic (exact) mass is 349 g/mol. The molecule has 24 heavy (non-hydrogen) atoms. The molecule has 2 atom stereocenters. The molecule has 0 unspecified atom stereocenters. The van der Waals surface area contributed by atoms with Gasteiger partial charge in [-0.2, -0.15) is 4.31 Å². The summed E-state index contributed by atoms with van der Waals surface area (Å²) in [5, 5.41) is 9.63. The number of aliphatic hydroxyl groups excluding tert-OH is 1. The zero-order chi connectivity index (χ0) is 17.3. The maximum Gasteiger partial charge on any atom is 0.243 e. The number of benzene rings is 2. The summed E-state index contributed by atoms with van der Waals surface area (Å²) in [6, 6.07) is 11.7. The number of aryl methyl sites for hydroxylation is 1. The molecule has 1 N–H and O–H groups in total. The van der Waals surface area contributed by atoms with E-state index in [0.717, 1.165) is 11.1 Å². The van der Waals surface area contributed by atoms with Crippen molar-refractivity contribution >= 4 is 10.0 Å². The smallest absolute Gasteiger partial charge is 0.243 e. The second kappa shape index (κ2) is 6.63. The number of hydrogen-bond donors (Lipinski definition) is 1. The van der Waals surface area contributed by atoms with Crippen molar-refractivity contribution in [3.05, 3.63) is 65.5 Å². The first-order chi connectivity index (χ1) is 11.4. The molecular formula is C18H20FNO3S. The van der Waals surface area contributed by atoms with Crippen molar-refractivity contribution in [3.63, 3.8) is 0 Å². The van der Waals surface area contributed by atoms with Crippen LogP contribution in [0.3, 0.4) is 0 Å². The number of nitrogens with zero attached hydrogens (tertiary/aromatic N) is 1. The van der Waals surface area contributed by atoms with Crippen LogP contribution in [-0.2, 0) is 10.0 Å². The number of hydrogen-bond acceptors (Lipinski definition) is 3. The fourth-order valence-corrected chi connectivity index (χ4v) is 5.08. The zero-order valence-corrected chi connectivity index (χ0v) is 14.2. The summed E-state index contributed by atoms with van der Waals surface area (Å²) in [5.74, 6) is -0.358. The number of sulfonamides is 1. The molecule has 0 saturated carbocycles. The molecule has 1 aliphatic heterocycles. The molecule has 0 bridgehead atoms. The van der Waals surface area contributed by atoms with Crippen LogP contribution in [0, 0.1) is 12.7 Å². The fraction of sp³-hybridized carbons (Fsp3) is 0.333. The van der Waals surface area contributed by atoms with Crippen LogP contribution < -0.4 is 0 Å². The molecule has 1 heterocycles. The van der Waals surface area contributed by atoms with Gasteiger partial charge in [-0.15, -0.1) is 0 Å². The maximum atomic E-state index is 13.2. The van der Waals surface area contributed by atoms with E-state index < -0.39 is 22.1 Å². The van der Waals surface area contributed by atoms with Gasteiger partial charge in [0.25, 0.3) is 0 Å². The molecule has 2 aromatic carbocycles. The lowest BCUT2D eigenvalue weighted by Gasteiger charge is -2.29. The molecule has 1 aliphatic rings. The first-order valence-electron chi connectivity index (χ1n) is 7.90. The normalized spacial score (nSPS) is 22.0. The first kappa shape index (κ1) is 17.1. The van der Waals surface area contributed by atoms with E-state index in [1.54, 1.807) is 36.4 Å². The highest BCUT2D eigenvalue weighted by molar-refractivity contribution is 7.89. The summed E-state index contributed by atoms with van der Waals surface area (Å²) in [5.41, 5.74) is 1.72. The van der Waals surface area contributed by atoms with E-state index in [-0.39, 0.29) is 17.3 Å². The van der Waals surface area contributed by atoms with Crippen LogP contribution in [0.4, 0.5) is 4.39 Å². The summed E-state index contributed by atoms with van der Waals surface area (Å²) >= 11 is 0. The average molecular weight is 349 g/mol. The van der Waals surface area contributed by atoms with Crippen molar-refractivity contribution in [2.24, 2.45) is 0 Å². The largest absolute Gasteiger partial charge is 0.395 e. The van der Waals surface area contributed by atoms with Gasteiger partial charge in [-0.3, -0.25) is 0 Å². The molecule has 128 valence electrons. The SMILES string of the molecule is Cc1ccc(S(=O)(=O)N2[C@H](CO)CC[C@@H]2c2ccc(F)cc2)cc1. The molecule has 1 fully saturated rings. The van der Waals surface area contributed by atoms with Crippen LogP contribution in [0.15, 0.2) is 53.4 Å². The summed E-state index contributed by atoms with van der Waals surface area (Å²) < 4.78 is 40.8. The third-order valence-corrected chi connectivity index (χ3v) is 6.48. The van der Waals surface area contributed by atoms with E-state index in [9.17, 15) is 17.9 Å². The van der Waals surface area contributed by atoms with Gasteiger partial charge in [-0.05, 0) is 49.6 Å². The molecule has 1 saturated heterocycles. The Hall–Kier alpha value is -1.76. The second-order valence-electron chi connectivity index (χ2n) is 6.13. The summed E-state index contributed by atoms with van der Waals surface area (Å²) in [7, 11) is -3.74. The molecule has 0 radical (unpaired) electrons. The quantitative estimate of drug-likeness (QED) is 0.923. The summed E-state index contributed by atoms with van der Waals surface area (Å²) in [4.78, 5) is 0.209. The van der Waals surface area contributed by atoms with E-state index >= 15 is 0 Å². The van der Waals surface area contributed by atoms with Crippen LogP contribution >= 0.6 is 0 Å². The Balaban J connectivity index is 2.02. The van der Waals surface area contributed by atoms with Gasteiger partial charge in [0.2, 0.25) is 10.0 Å². The van der Waals surface area contributed by atoms with Crippen molar-refractivity contribution in [2.75, 3.05) is 6.61 Å². The number of rotatable bonds is 4. The highest BCUT2D eigenvalue weighted by Gasteiger charge is 2.42. The molecular weight excluding hydrogens is 329 g/mol. The van der Waals surface area contributed by atoms with Gasteiger partial charge in [-0.1, -0.05) is 29.8 Å². The van der Waals surface area contributed by atoms with Crippen molar-refractivity contribution in [1.29, 1.82) is 0 Å². The van der Waals surface area contributed by atoms with Gasteiger partial charge < -0.3 is 5.11 Å². The van der Waals surface area contributed by atoms with E-state index in [2.05, 4.69) is 0 Å². The number of aliphatic hydroxyl groups is 1. The second-order valence-corrected chi connectivity index (χ2v) is 7.97. The molecule has 3 rings (SSSR count). The number of halogens is 1. The minimum absolute atomic E-state index is 0.209. The third kappa shape index (κ3) is 3.09. The van der Waals surface area contributed by atoms with E-state index in [4.69, 9.17) is 0 Å². The summed E-state index contributed by atoms with van der Waals surface area (Å²) in [6.07, 6.45) is 1.17. The van der Waals surface area contributed by atoms with Crippen LogP contribution in [0.25, 0.3) is 0 Å². The average Bonchev–Trinajstić information content (AvgIpc) is 3.01. The molecule has 0 aliphatic carbocycles. The van der Waals surface area contributed by atoms with Gasteiger partial charge in [-0.25, -0.2) is 12.8 Å². The predicted octanol–water partition coefficient (Wildman–Crippen LogP) is 3.02. The molecule has 4 nitrogen and oxygen atoms in total. The van der Waals surface area contributed by atoms with Crippen molar-refractivity contribution in [3.8, 4) is 0 Å². The fourth-order valence-electron chi connectivity index (χ4n) is 3.23. The molecule has 0 spiro atoms. The molecule has 2 aromatic rings. The summed E-state index contributed by atoms with van der Waals surface area (Å²) in [6.45, 7) is 1.66. The standard InChI is InChI=1S/C18H20FNO3S/c1-13-2-9-17(10-3-13)24(22,23)20-16(12-21)8-11-18(20)14-4-6-15(19)7-5-14/h2-7,9-10,16,18,21H,8,11-12H2,1H3/t16-,18+/m0/s1. The van der Waals surface area contributed by atoms with Gasteiger partial charge in [0.05, 0.1) is 17.5 Å². The van der Waals surface area contributed by atoms with Crippen LogP contribution in [0.2, 0.25) is 0 Å². The highest BCUT2D eigenvalue weighted by atomic mass is 32.2. The van der Waals surface area contributed by atoms with Gasteiger partial charge in [0.15, 0.2) is 0 Å². The van der Waals surface area contributed by atoms with Gasteiger partial charge >= 0.3 is 0 Å². The Morgan fingerprint density at radius 1 is 1.08 bits per heavy atom. The lowest BCUT2D eigenvalue weighted by Crippen LogP contribution is -2.39.